The summed E-state index contributed by atoms with van der Waals surface area (Å²) >= 11 is 0. The third-order valence-corrected chi connectivity index (χ3v) is 4.31. The lowest BCUT2D eigenvalue weighted by molar-refractivity contribution is 0.486. The second-order valence-corrected chi connectivity index (χ2v) is 6.36. The maximum Gasteiger partial charge on any atom is 0.272 e. The van der Waals surface area contributed by atoms with Gasteiger partial charge in [-0.3, -0.25) is 4.79 Å². The molecule has 3 rings (SSSR count). The van der Waals surface area contributed by atoms with Crippen molar-refractivity contribution in [3.05, 3.63) is 64.4 Å². The predicted octanol–water partition coefficient (Wildman–Crippen LogP) is 1.55. The van der Waals surface area contributed by atoms with Crippen LogP contribution in [-0.4, -0.2) is 30.0 Å². The zero-order valence-corrected chi connectivity index (χ0v) is 13.3. The highest BCUT2D eigenvalue weighted by Crippen LogP contribution is 2.24. The van der Waals surface area contributed by atoms with Gasteiger partial charge in [0, 0.05) is 24.5 Å². The van der Waals surface area contributed by atoms with Crippen LogP contribution in [-0.2, 0) is 17.4 Å². The number of nitrogens with one attached hydrogen (secondary N) is 1. The van der Waals surface area contributed by atoms with Crippen molar-refractivity contribution in [2.24, 2.45) is 0 Å². The van der Waals surface area contributed by atoms with Crippen molar-refractivity contribution in [3.63, 3.8) is 0 Å². The van der Waals surface area contributed by atoms with E-state index in [2.05, 4.69) is 10.2 Å². The van der Waals surface area contributed by atoms with Gasteiger partial charge >= 0.3 is 0 Å². The number of aromatic amines is 1. The summed E-state index contributed by atoms with van der Waals surface area (Å²) in [6, 6.07) is 14.7. The van der Waals surface area contributed by atoms with Crippen molar-refractivity contribution < 1.29 is 8.42 Å². The first-order valence-corrected chi connectivity index (χ1v) is 8.11. The van der Waals surface area contributed by atoms with E-state index in [-0.39, 0.29) is 5.56 Å². The minimum Gasteiger partial charge on any atom is -0.267 e. The van der Waals surface area contributed by atoms with Crippen LogP contribution in [0.25, 0.3) is 22.0 Å². The summed E-state index contributed by atoms with van der Waals surface area (Å²) in [6.45, 7) is 0.318. The quantitative estimate of drug-likeness (QED) is 0.712. The molecule has 0 amide bonds. The zero-order valence-electron chi connectivity index (χ0n) is 12.4. The van der Waals surface area contributed by atoms with Crippen LogP contribution in [0.3, 0.4) is 0 Å². The summed E-state index contributed by atoms with van der Waals surface area (Å²) < 4.78 is 23.0. The highest BCUT2D eigenvalue weighted by Gasteiger charge is 2.08. The number of thiol groups is 1. The minimum absolute atomic E-state index is 0.221. The van der Waals surface area contributed by atoms with Crippen molar-refractivity contribution in [3.8, 4) is 11.3 Å². The minimum atomic E-state index is -2.58. The van der Waals surface area contributed by atoms with E-state index in [1.165, 1.54) is 11.4 Å². The first-order chi connectivity index (χ1) is 11.1. The van der Waals surface area contributed by atoms with Crippen LogP contribution < -0.4 is 5.56 Å². The van der Waals surface area contributed by atoms with Crippen molar-refractivity contribution in [2.75, 3.05) is 7.05 Å². The molecule has 0 aliphatic rings. The van der Waals surface area contributed by atoms with Gasteiger partial charge in [-0.1, -0.05) is 42.5 Å². The van der Waals surface area contributed by atoms with Crippen molar-refractivity contribution in [2.45, 2.75) is 6.54 Å². The lowest BCUT2D eigenvalue weighted by Gasteiger charge is -2.10. The topological polar surface area (TPSA) is 83.1 Å². The Morgan fingerprint density at radius 1 is 1.04 bits per heavy atom. The fourth-order valence-electron chi connectivity index (χ4n) is 2.42. The van der Waals surface area contributed by atoms with E-state index in [1.807, 2.05) is 42.5 Å². The zero-order chi connectivity index (χ0) is 16.4. The van der Waals surface area contributed by atoms with Gasteiger partial charge in [0.05, 0.1) is 11.1 Å². The third kappa shape index (κ3) is 3.15. The van der Waals surface area contributed by atoms with E-state index in [0.29, 0.717) is 17.6 Å². The lowest BCUT2D eigenvalue weighted by Crippen LogP contribution is -2.15. The van der Waals surface area contributed by atoms with Gasteiger partial charge in [0.2, 0.25) is 10.9 Å². The molecule has 1 N–H and O–H groups in total. The van der Waals surface area contributed by atoms with Gasteiger partial charge in [0.25, 0.3) is 5.56 Å². The van der Waals surface area contributed by atoms with Gasteiger partial charge in [0.1, 0.15) is 0 Å². The van der Waals surface area contributed by atoms with E-state index in [4.69, 9.17) is 0 Å². The molecule has 0 aliphatic carbocycles. The summed E-state index contributed by atoms with van der Waals surface area (Å²) in [4.78, 5) is 11.8. The molecular weight excluding hydrogens is 314 g/mol. The Bertz CT molecular complexity index is 970. The van der Waals surface area contributed by atoms with Crippen LogP contribution >= 0.6 is 0 Å². The number of hydrogen-bond acceptors (Lipinski definition) is 4. The summed E-state index contributed by atoms with van der Waals surface area (Å²) in [5.41, 5.74) is 2.20. The van der Waals surface area contributed by atoms with Gasteiger partial charge in [-0.15, -0.1) is 0 Å². The lowest BCUT2D eigenvalue weighted by atomic mass is 10.0. The molecule has 0 fully saturated rings. The SMILES string of the molecule is CN(Cc1ccc(-c2n[nH]c(=O)c3ccccc23)cc1)[SH](=O)=O. The third-order valence-electron chi connectivity index (χ3n) is 3.61. The number of nitrogens with zero attached hydrogens (tertiary/aromatic N) is 2. The largest absolute Gasteiger partial charge is 0.272 e. The molecule has 0 saturated carbocycles. The molecule has 0 saturated heterocycles. The summed E-state index contributed by atoms with van der Waals surface area (Å²) in [5.74, 6) is 0. The van der Waals surface area contributed by atoms with Crippen LogP contribution in [0.4, 0.5) is 0 Å². The normalized spacial score (nSPS) is 11.4. The van der Waals surface area contributed by atoms with Crippen LogP contribution in [0.15, 0.2) is 53.3 Å². The number of fused-ring (bicyclic) bond motifs is 1. The standard InChI is InChI=1S/C16H15N3O3S/c1-19(23(21)22)10-11-6-8-12(9-7-11)15-13-4-2-3-5-14(13)16(20)18-17-15/h2-9,23H,10H2,1H3,(H,18,20). The molecule has 1 aromatic heterocycles. The second-order valence-electron chi connectivity index (χ2n) is 5.20. The molecule has 118 valence electrons. The fourth-order valence-corrected chi connectivity index (χ4v) is 2.70. The van der Waals surface area contributed by atoms with E-state index in [0.717, 1.165) is 16.5 Å². The average Bonchev–Trinajstić information content (AvgIpc) is 2.56. The van der Waals surface area contributed by atoms with E-state index in [1.54, 1.807) is 6.07 Å². The summed E-state index contributed by atoms with van der Waals surface area (Å²) in [6.07, 6.45) is 0. The van der Waals surface area contributed by atoms with E-state index >= 15 is 0 Å². The van der Waals surface area contributed by atoms with Gasteiger partial charge in [-0.25, -0.2) is 17.8 Å². The van der Waals surface area contributed by atoms with E-state index in [9.17, 15) is 13.2 Å². The molecule has 0 radical (unpaired) electrons. The molecule has 1 heterocycles. The monoisotopic (exact) mass is 329 g/mol. The Kier molecular flexibility index (Phi) is 4.22. The molecule has 0 bridgehead atoms. The molecular formula is C16H15N3O3S. The summed E-state index contributed by atoms with van der Waals surface area (Å²) in [7, 11) is -1.06. The van der Waals surface area contributed by atoms with Gasteiger partial charge in [-0.2, -0.15) is 5.10 Å². The number of hydrogen-bond donors (Lipinski definition) is 2. The number of H-pyrrole nitrogens is 1. The first-order valence-electron chi connectivity index (χ1n) is 6.98. The number of benzene rings is 2. The van der Waals surface area contributed by atoms with Gasteiger partial charge < -0.3 is 0 Å². The summed E-state index contributed by atoms with van der Waals surface area (Å²) in [5, 5.41) is 8.03. The highest BCUT2D eigenvalue weighted by atomic mass is 32.2. The van der Waals surface area contributed by atoms with Crippen LogP contribution in [0, 0.1) is 0 Å². The Morgan fingerprint density at radius 2 is 1.70 bits per heavy atom. The maximum absolute atomic E-state index is 11.8. The Labute approximate surface area is 134 Å². The number of rotatable bonds is 4. The smallest absolute Gasteiger partial charge is 0.267 e. The van der Waals surface area contributed by atoms with Crippen LogP contribution in [0.5, 0.6) is 0 Å². The second kappa shape index (κ2) is 6.31. The molecule has 0 aliphatic heterocycles. The molecule has 7 heteroatoms. The van der Waals surface area contributed by atoms with Gasteiger partial charge in [0.15, 0.2) is 0 Å². The molecule has 6 nitrogen and oxygen atoms in total. The Morgan fingerprint density at radius 3 is 2.35 bits per heavy atom. The highest BCUT2D eigenvalue weighted by molar-refractivity contribution is 7.69. The molecule has 23 heavy (non-hydrogen) atoms. The number of aromatic nitrogens is 2. The van der Waals surface area contributed by atoms with Crippen molar-refractivity contribution in [1.82, 2.24) is 14.5 Å². The van der Waals surface area contributed by atoms with Crippen LogP contribution in [0.1, 0.15) is 5.56 Å². The maximum atomic E-state index is 11.8. The first kappa shape index (κ1) is 15.4. The van der Waals surface area contributed by atoms with Crippen LogP contribution in [0.2, 0.25) is 0 Å². The Hall–Kier alpha value is -2.51. The van der Waals surface area contributed by atoms with E-state index < -0.39 is 10.9 Å². The average molecular weight is 329 g/mol. The van der Waals surface area contributed by atoms with Crippen molar-refractivity contribution >= 4 is 21.7 Å². The molecule has 0 unspecified atom stereocenters. The van der Waals surface area contributed by atoms with Gasteiger partial charge in [-0.05, 0) is 11.6 Å². The Balaban J connectivity index is 2.00. The predicted molar refractivity (Wildman–Crippen MR) is 89.6 cm³/mol. The molecule has 0 spiro atoms. The molecule has 0 atom stereocenters. The molecule has 3 aromatic rings. The fraction of sp³-hybridized carbons (Fsp3) is 0.125. The van der Waals surface area contributed by atoms with Crippen molar-refractivity contribution in [1.29, 1.82) is 0 Å². The molecule has 2 aromatic carbocycles.